The van der Waals surface area contributed by atoms with E-state index in [2.05, 4.69) is 23.2 Å². The molecule has 19 heavy (non-hydrogen) atoms. The number of nitrogens with two attached hydrogens (primary N) is 1. The number of piperidine rings is 1. The van der Waals surface area contributed by atoms with Gasteiger partial charge in [0.1, 0.15) is 0 Å². The summed E-state index contributed by atoms with van der Waals surface area (Å²) in [5.41, 5.74) is 8.14. The molecule has 0 amide bonds. The molecule has 1 aliphatic heterocycles. The van der Waals surface area contributed by atoms with Crippen molar-refractivity contribution in [1.29, 1.82) is 5.26 Å². The monoisotopic (exact) mass is 258 g/mol. The second-order valence-corrected chi connectivity index (χ2v) is 5.32. The summed E-state index contributed by atoms with van der Waals surface area (Å²) in [6, 6.07) is 7.82. The molecule has 4 nitrogen and oxygen atoms in total. The highest BCUT2D eigenvalue weighted by atomic mass is 15.2. The van der Waals surface area contributed by atoms with Crippen LogP contribution in [-0.4, -0.2) is 30.6 Å². The number of likely N-dealkylation sites (tertiary alicyclic amines) is 1. The molecule has 0 bridgehead atoms. The van der Waals surface area contributed by atoms with Gasteiger partial charge in [-0.1, -0.05) is 6.42 Å². The van der Waals surface area contributed by atoms with Gasteiger partial charge >= 0.3 is 0 Å². The number of anilines is 2. The maximum Gasteiger partial charge on any atom is 0.0992 e. The van der Waals surface area contributed by atoms with Gasteiger partial charge in [-0.2, -0.15) is 5.26 Å². The number of rotatable bonds is 4. The molecule has 0 radical (unpaired) electrons. The lowest BCUT2D eigenvalue weighted by Gasteiger charge is -2.30. The number of nitriles is 1. The lowest BCUT2D eigenvalue weighted by atomic mass is 10.1. The van der Waals surface area contributed by atoms with Crippen LogP contribution < -0.4 is 11.1 Å². The Morgan fingerprint density at radius 2 is 2.11 bits per heavy atom. The number of hydrogen-bond acceptors (Lipinski definition) is 4. The average molecular weight is 258 g/mol. The third-order valence-electron chi connectivity index (χ3n) is 3.57. The van der Waals surface area contributed by atoms with Crippen LogP contribution in [-0.2, 0) is 0 Å². The zero-order valence-electron chi connectivity index (χ0n) is 11.5. The van der Waals surface area contributed by atoms with E-state index >= 15 is 0 Å². The molecule has 1 fully saturated rings. The van der Waals surface area contributed by atoms with Gasteiger partial charge in [-0.05, 0) is 51.1 Å². The smallest absolute Gasteiger partial charge is 0.0992 e. The first-order valence-electron chi connectivity index (χ1n) is 6.97. The SMILES string of the molecule is CC(CN1CCCCC1)Nc1cc(C#N)ccc1N. The second-order valence-electron chi connectivity index (χ2n) is 5.32. The average Bonchev–Trinajstić information content (AvgIpc) is 2.42. The molecule has 0 saturated carbocycles. The van der Waals surface area contributed by atoms with Gasteiger partial charge in [-0.25, -0.2) is 0 Å². The van der Waals surface area contributed by atoms with E-state index in [0.29, 0.717) is 17.3 Å². The highest BCUT2D eigenvalue weighted by molar-refractivity contribution is 5.68. The molecule has 1 aliphatic rings. The summed E-state index contributed by atoms with van der Waals surface area (Å²) in [6.45, 7) is 5.57. The third-order valence-corrected chi connectivity index (χ3v) is 3.57. The van der Waals surface area contributed by atoms with Crippen LogP contribution in [0.25, 0.3) is 0 Å². The van der Waals surface area contributed by atoms with Crippen LogP contribution in [0.5, 0.6) is 0 Å². The van der Waals surface area contributed by atoms with E-state index in [1.54, 1.807) is 12.1 Å². The van der Waals surface area contributed by atoms with Crippen molar-refractivity contribution in [2.75, 3.05) is 30.7 Å². The van der Waals surface area contributed by atoms with E-state index in [9.17, 15) is 0 Å². The first kappa shape index (κ1) is 13.7. The van der Waals surface area contributed by atoms with E-state index in [1.165, 1.54) is 32.4 Å². The van der Waals surface area contributed by atoms with Crippen LogP contribution in [0.2, 0.25) is 0 Å². The Kier molecular flexibility index (Phi) is 4.64. The van der Waals surface area contributed by atoms with Gasteiger partial charge in [0.25, 0.3) is 0 Å². The maximum absolute atomic E-state index is 8.92. The lowest BCUT2D eigenvalue weighted by Crippen LogP contribution is -2.38. The second kappa shape index (κ2) is 6.44. The highest BCUT2D eigenvalue weighted by Gasteiger charge is 2.14. The van der Waals surface area contributed by atoms with E-state index in [4.69, 9.17) is 11.0 Å². The summed E-state index contributed by atoms with van der Waals surface area (Å²) in [5, 5.41) is 12.3. The van der Waals surface area contributed by atoms with E-state index in [0.717, 1.165) is 12.2 Å². The molecule has 4 heteroatoms. The molecule has 1 aromatic rings. The Balaban J connectivity index is 1.94. The van der Waals surface area contributed by atoms with Crippen LogP contribution in [0, 0.1) is 11.3 Å². The Hall–Kier alpha value is -1.73. The minimum Gasteiger partial charge on any atom is -0.397 e. The Labute approximate surface area is 115 Å². The van der Waals surface area contributed by atoms with Gasteiger partial charge in [0.2, 0.25) is 0 Å². The summed E-state index contributed by atoms with van der Waals surface area (Å²) in [7, 11) is 0. The zero-order chi connectivity index (χ0) is 13.7. The zero-order valence-corrected chi connectivity index (χ0v) is 11.5. The maximum atomic E-state index is 8.92. The number of nitrogens with zero attached hydrogens (tertiary/aromatic N) is 2. The standard InChI is InChI=1S/C15H22N4/c1-12(11-19-7-3-2-4-8-19)18-15-9-13(10-16)5-6-14(15)17/h5-6,9,12,18H,2-4,7-8,11,17H2,1H3. The Morgan fingerprint density at radius 3 is 2.79 bits per heavy atom. The normalized spacial score (nSPS) is 17.7. The molecular weight excluding hydrogens is 236 g/mol. The summed E-state index contributed by atoms with van der Waals surface area (Å²) in [6.07, 6.45) is 3.97. The van der Waals surface area contributed by atoms with Crippen molar-refractivity contribution in [3.63, 3.8) is 0 Å². The van der Waals surface area contributed by atoms with Gasteiger partial charge in [0.15, 0.2) is 0 Å². The largest absolute Gasteiger partial charge is 0.397 e. The molecule has 2 rings (SSSR count). The van der Waals surface area contributed by atoms with Gasteiger partial charge in [-0.15, -0.1) is 0 Å². The fraction of sp³-hybridized carbons (Fsp3) is 0.533. The fourth-order valence-electron chi connectivity index (χ4n) is 2.59. The molecule has 3 N–H and O–H groups in total. The van der Waals surface area contributed by atoms with Crippen LogP contribution in [0.15, 0.2) is 18.2 Å². The number of nitrogen functional groups attached to an aromatic ring is 1. The Morgan fingerprint density at radius 1 is 1.37 bits per heavy atom. The minimum atomic E-state index is 0.328. The van der Waals surface area contributed by atoms with Crippen molar-refractivity contribution in [1.82, 2.24) is 4.90 Å². The molecular formula is C15H22N4. The molecule has 1 atom stereocenters. The Bertz CT molecular complexity index is 458. The highest BCUT2D eigenvalue weighted by Crippen LogP contribution is 2.21. The van der Waals surface area contributed by atoms with Crippen molar-refractivity contribution < 1.29 is 0 Å². The third kappa shape index (κ3) is 3.87. The fourth-order valence-corrected chi connectivity index (χ4v) is 2.59. The number of nitrogens with one attached hydrogen (secondary N) is 1. The van der Waals surface area contributed by atoms with E-state index in [1.807, 2.05) is 6.07 Å². The van der Waals surface area contributed by atoms with Crippen molar-refractivity contribution in [3.05, 3.63) is 23.8 Å². The molecule has 0 aliphatic carbocycles. The van der Waals surface area contributed by atoms with Gasteiger partial charge in [0, 0.05) is 12.6 Å². The molecule has 0 aromatic heterocycles. The van der Waals surface area contributed by atoms with Gasteiger partial charge in [0.05, 0.1) is 23.0 Å². The molecule has 1 aromatic carbocycles. The molecule has 102 valence electrons. The lowest BCUT2D eigenvalue weighted by molar-refractivity contribution is 0.223. The summed E-state index contributed by atoms with van der Waals surface area (Å²) in [5.74, 6) is 0. The van der Waals surface area contributed by atoms with Crippen LogP contribution in [0.1, 0.15) is 31.7 Å². The summed E-state index contributed by atoms with van der Waals surface area (Å²) < 4.78 is 0. The summed E-state index contributed by atoms with van der Waals surface area (Å²) >= 11 is 0. The topological polar surface area (TPSA) is 65.1 Å². The molecule has 1 unspecified atom stereocenters. The predicted molar refractivity (Wildman–Crippen MR) is 78.9 cm³/mol. The van der Waals surface area contributed by atoms with Crippen LogP contribution >= 0.6 is 0 Å². The van der Waals surface area contributed by atoms with E-state index < -0.39 is 0 Å². The number of hydrogen-bond donors (Lipinski definition) is 2. The van der Waals surface area contributed by atoms with Crippen LogP contribution in [0.4, 0.5) is 11.4 Å². The van der Waals surface area contributed by atoms with Gasteiger partial charge < -0.3 is 16.0 Å². The molecule has 1 saturated heterocycles. The predicted octanol–water partition coefficient (Wildman–Crippen LogP) is 2.43. The quantitative estimate of drug-likeness (QED) is 0.814. The van der Waals surface area contributed by atoms with Gasteiger partial charge in [-0.3, -0.25) is 0 Å². The van der Waals surface area contributed by atoms with Crippen molar-refractivity contribution in [2.24, 2.45) is 0 Å². The molecule has 0 spiro atoms. The first-order chi connectivity index (χ1) is 9.19. The number of benzene rings is 1. The van der Waals surface area contributed by atoms with E-state index in [-0.39, 0.29) is 0 Å². The minimum absolute atomic E-state index is 0.328. The van der Waals surface area contributed by atoms with Crippen molar-refractivity contribution >= 4 is 11.4 Å². The summed E-state index contributed by atoms with van der Waals surface area (Å²) in [4.78, 5) is 2.49. The molecule has 1 heterocycles. The van der Waals surface area contributed by atoms with Crippen molar-refractivity contribution in [3.8, 4) is 6.07 Å². The van der Waals surface area contributed by atoms with Crippen LogP contribution in [0.3, 0.4) is 0 Å². The van der Waals surface area contributed by atoms with Crippen molar-refractivity contribution in [2.45, 2.75) is 32.2 Å². The first-order valence-corrected chi connectivity index (χ1v) is 6.97.